The highest BCUT2D eigenvalue weighted by Gasteiger charge is 2.28. The Hall–Kier alpha value is -2.34. The number of likely N-dealkylation sites (tertiary alicyclic amines) is 1. The topological polar surface area (TPSA) is 78.1 Å². The maximum absolute atomic E-state index is 12.6. The Morgan fingerprint density at radius 1 is 1.29 bits per heavy atom. The summed E-state index contributed by atoms with van der Waals surface area (Å²) in [4.78, 5) is 26.0. The van der Waals surface area contributed by atoms with Gasteiger partial charge in [0, 0.05) is 36.6 Å². The van der Waals surface area contributed by atoms with Gasteiger partial charge >= 0.3 is 0 Å². The van der Waals surface area contributed by atoms with E-state index in [1.54, 1.807) is 30.1 Å². The maximum atomic E-state index is 12.6. The van der Waals surface area contributed by atoms with Crippen LogP contribution in [0.5, 0.6) is 0 Å². The van der Waals surface area contributed by atoms with Crippen LogP contribution in [0, 0.1) is 5.92 Å². The van der Waals surface area contributed by atoms with E-state index in [0.29, 0.717) is 42.3 Å². The van der Waals surface area contributed by atoms with Crippen molar-refractivity contribution in [2.24, 2.45) is 5.92 Å². The molecule has 0 aliphatic carbocycles. The van der Waals surface area contributed by atoms with Crippen LogP contribution in [0.4, 0.5) is 0 Å². The van der Waals surface area contributed by atoms with Gasteiger partial charge in [-0.15, -0.1) is 0 Å². The first-order chi connectivity index (χ1) is 11.6. The fourth-order valence-corrected chi connectivity index (χ4v) is 3.14. The second kappa shape index (κ2) is 7.05. The lowest BCUT2D eigenvalue weighted by Crippen LogP contribution is -2.42. The molecule has 0 saturated carbocycles. The van der Waals surface area contributed by atoms with E-state index >= 15 is 0 Å². The second-order valence-corrected chi connectivity index (χ2v) is 6.29. The average Bonchev–Trinajstić information content (AvgIpc) is 3.10. The van der Waals surface area contributed by atoms with E-state index in [1.807, 2.05) is 12.1 Å². The third-order valence-electron chi connectivity index (χ3n) is 4.33. The summed E-state index contributed by atoms with van der Waals surface area (Å²) in [5.41, 5.74) is 1.99. The monoisotopic (exact) mass is 346 g/mol. The SMILES string of the molecule is CNC(=O)C1CCN(C(=O)c2cc(-c3cccc(Cl)c3)n[nH]2)CC1. The standard InChI is InChI=1S/C17H19ClN4O2/c1-19-16(23)11-5-7-22(8-6-11)17(24)15-10-14(20-21-15)12-3-2-4-13(18)9-12/h2-4,9-11H,5-8H2,1H3,(H,19,23)(H,20,21). The zero-order valence-electron chi connectivity index (χ0n) is 13.4. The van der Waals surface area contributed by atoms with Crippen molar-refractivity contribution in [1.29, 1.82) is 0 Å². The van der Waals surface area contributed by atoms with Gasteiger partial charge in [-0.1, -0.05) is 23.7 Å². The third kappa shape index (κ3) is 3.43. The highest BCUT2D eigenvalue weighted by atomic mass is 35.5. The molecule has 0 atom stereocenters. The van der Waals surface area contributed by atoms with Gasteiger partial charge in [0.05, 0.1) is 5.69 Å². The molecule has 3 rings (SSSR count). The van der Waals surface area contributed by atoms with Crippen molar-refractivity contribution in [3.63, 3.8) is 0 Å². The van der Waals surface area contributed by atoms with Crippen LogP contribution >= 0.6 is 11.6 Å². The molecule has 2 aromatic rings. The number of hydrogen-bond donors (Lipinski definition) is 2. The van der Waals surface area contributed by atoms with Gasteiger partial charge in [-0.3, -0.25) is 14.7 Å². The number of carbonyl (C=O) groups excluding carboxylic acids is 2. The molecule has 2 heterocycles. The molecular formula is C17H19ClN4O2. The minimum atomic E-state index is -0.0915. The summed E-state index contributed by atoms with van der Waals surface area (Å²) in [6.07, 6.45) is 1.36. The van der Waals surface area contributed by atoms with Crippen molar-refractivity contribution < 1.29 is 9.59 Å². The van der Waals surface area contributed by atoms with E-state index in [4.69, 9.17) is 11.6 Å². The highest BCUT2D eigenvalue weighted by Crippen LogP contribution is 2.23. The summed E-state index contributed by atoms with van der Waals surface area (Å²) in [5, 5.41) is 10.3. The summed E-state index contributed by atoms with van der Waals surface area (Å²) in [7, 11) is 1.64. The molecule has 1 aliphatic heterocycles. The van der Waals surface area contributed by atoms with Crippen LogP contribution in [0.3, 0.4) is 0 Å². The van der Waals surface area contributed by atoms with Gasteiger partial charge < -0.3 is 10.2 Å². The Balaban J connectivity index is 1.68. The molecule has 1 aliphatic rings. The molecule has 1 aromatic carbocycles. The van der Waals surface area contributed by atoms with Crippen LogP contribution in [0.25, 0.3) is 11.3 Å². The Bertz CT molecular complexity index is 751. The molecule has 0 unspecified atom stereocenters. The van der Waals surface area contributed by atoms with Crippen molar-refractivity contribution in [3.05, 3.63) is 41.0 Å². The largest absolute Gasteiger partial charge is 0.359 e. The molecule has 0 spiro atoms. The van der Waals surface area contributed by atoms with Gasteiger partial charge in [0.1, 0.15) is 5.69 Å². The molecule has 126 valence electrons. The Kier molecular flexibility index (Phi) is 4.85. The van der Waals surface area contributed by atoms with Gasteiger partial charge in [-0.2, -0.15) is 5.10 Å². The lowest BCUT2D eigenvalue weighted by Gasteiger charge is -2.30. The summed E-state index contributed by atoms with van der Waals surface area (Å²) in [6.45, 7) is 1.14. The predicted octanol–water partition coefficient (Wildman–Crippen LogP) is 2.33. The van der Waals surface area contributed by atoms with Gasteiger partial charge in [-0.25, -0.2) is 0 Å². The van der Waals surface area contributed by atoms with Crippen molar-refractivity contribution in [2.45, 2.75) is 12.8 Å². The molecule has 1 aromatic heterocycles. The van der Waals surface area contributed by atoms with Gasteiger partial charge in [0.15, 0.2) is 0 Å². The number of nitrogens with one attached hydrogen (secondary N) is 2. The number of aromatic amines is 1. The normalized spacial score (nSPS) is 15.3. The van der Waals surface area contributed by atoms with Crippen LogP contribution in [0.2, 0.25) is 5.02 Å². The number of carbonyl (C=O) groups is 2. The summed E-state index contributed by atoms with van der Waals surface area (Å²) in [5.74, 6) is -0.0548. The van der Waals surface area contributed by atoms with E-state index in [1.165, 1.54) is 0 Å². The number of piperidine rings is 1. The van der Waals surface area contributed by atoms with E-state index in [-0.39, 0.29) is 17.7 Å². The number of halogens is 1. The molecule has 0 bridgehead atoms. The van der Waals surface area contributed by atoms with Crippen LogP contribution in [-0.2, 0) is 4.79 Å². The van der Waals surface area contributed by atoms with E-state index in [0.717, 1.165) is 5.56 Å². The van der Waals surface area contributed by atoms with Crippen LogP contribution < -0.4 is 5.32 Å². The van der Waals surface area contributed by atoms with Crippen molar-refractivity contribution >= 4 is 23.4 Å². The third-order valence-corrected chi connectivity index (χ3v) is 4.56. The number of benzene rings is 1. The van der Waals surface area contributed by atoms with Crippen LogP contribution in [0.1, 0.15) is 23.3 Å². The van der Waals surface area contributed by atoms with Gasteiger partial charge in [0.2, 0.25) is 5.91 Å². The summed E-state index contributed by atoms with van der Waals surface area (Å²) < 4.78 is 0. The van der Waals surface area contributed by atoms with Crippen molar-refractivity contribution in [2.75, 3.05) is 20.1 Å². The first-order valence-electron chi connectivity index (χ1n) is 7.90. The molecular weight excluding hydrogens is 328 g/mol. The Morgan fingerprint density at radius 2 is 2.04 bits per heavy atom. The minimum absolute atomic E-state index is 0.0113. The lowest BCUT2D eigenvalue weighted by molar-refractivity contribution is -0.125. The number of H-pyrrole nitrogens is 1. The highest BCUT2D eigenvalue weighted by molar-refractivity contribution is 6.30. The van der Waals surface area contributed by atoms with E-state index < -0.39 is 0 Å². The first kappa shape index (κ1) is 16.5. The number of aromatic nitrogens is 2. The van der Waals surface area contributed by atoms with Gasteiger partial charge in [0.25, 0.3) is 5.91 Å². The van der Waals surface area contributed by atoms with Crippen molar-refractivity contribution in [1.82, 2.24) is 20.4 Å². The number of hydrogen-bond acceptors (Lipinski definition) is 3. The zero-order chi connectivity index (χ0) is 17.1. The first-order valence-corrected chi connectivity index (χ1v) is 8.28. The zero-order valence-corrected chi connectivity index (χ0v) is 14.1. The summed E-state index contributed by atoms with van der Waals surface area (Å²) >= 11 is 5.99. The fraction of sp³-hybridized carbons (Fsp3) is 0.353. The molecule has 24 heavy (non-hydrogen) atoms. The second-order valence-electron chi connectivity index (χ2n) is 5.86. The fourth-order valence-electron chi connectivity index (χ4n) is 2.95. The summed E-state index contributed by atoms with van der Waals surface area (Å²) in [6, 6.07) is 9.07. The molecule has 2 N–H and O–H groups in total. The van der Waals surface area contributed by atoms with E-state index in [9.17, 15) is 9.59 Å². The molecule has 2 amide bonds. The average molecular weight is 347 g/mol. The maximum Gasteiger partial charge on any atom is 0.271 e. The molecule has 6 nitrogen and oxygen atoms in total. The molecule has 0 radical (unpaired) electrons. The van der Waals surface area contributed by atoms with Crippen LogP contribution in [0.15, 0.2) is 30.3 Å². The minimum Gasteiger partial charge on any atom is -0.359 e. The Morgan fingerprint density at radius 3 is 2.71 bits per heavy atom. The smallest absolute Gasteiger partial charge is 0.271 e. The Labute approximate surface area is 145 Å². The van der Waals surface area contributed by atoms with Gasteiger partial charge in [-0.05, 0) is 31.0 Å². The number of nitrogens with zero attached hydrogens (tertiary/aromatic N) is 2. The quantitative estimate of drug-likeness (QED) is 0.895. The lowest BCUT2D eigenvalue weighted by atomic mass is 9.96. The number of rotatable bonds is 3. The molecule has 1 fully saturated rings. The van der Waals surface area contributed by atoms with Crippen molar-refractivity contribution in [3.8, 4) is 11.3 Å². The van der Waals surface area contributed by atoms with Crippen LogP contribution in [-0.4, -0.2) is 47.0 Å². The predicted molar refractivity (Wildman–Crippen MR) is 91.7 cm³/mol. The number of amides is 2. The molecule has 1 saturated heterocycles. The van der Waals surface area contributed by atoms with E-state index in [2.05, 4.69) is 15.5 Å². The molecule has 7 heteroatoms.